The number of nitrogens with one attached hydrogen (secondary N) is 1. The van der Waals surface area contributed by atoms with Crippen molar-refractivity contribution in [3.8, 4) is 0 Å². The van der Waals surface area contributed by atoms with Crippen LogP contribution in [0.5, 0.6) is 0 Å². The fraction of sp³-hybridized carbons (Fsp3) is 0.688. The van der Waals surface area contributed by atoms with Crippen LogP contribution in [0.25, 0.3) is 0 Å². The van der Waals surface area contributed by atoms with Crippen LogP contribution in [0.4, 0.5) is 0 Å². The van der Waals surface area contributed by atoms with Gasteiger partial charge in [-0.1, -0.05) is 0 Å². The Hall–Kier alpha value is -1.97. The molecule has 2 bridgehead atoms. The zero-order valence-corrected chi connectivity index (χ0v) is 14.2. The van der Waals surface area contributed by atoms with Crippen molar-refractivity contribution in [3.05, 3.63) is 32.6 Å². The highest BCUT2D eigenvalue weighted by Crippen LogP contribution is 2.50. The van der Waals surface area contributed by atoms with Gasteiger partial charge in [-0.3, -0.25) is 19.1 Å². The first-order valence-corrected chi connectivity index (χ1v) is 8.33. The second-order valence-electron chi connectivity index (χ2n) is 6.91. The van der Waals surface area contributed by atoms with Crippen LogP contribution in [0.2, 0.25) is 0 Å². The van der Waals surface area contributed by atoms with Gasteiger partial charge in [0.05, 0.1) is 19.1 Å². The summed E-state index contributed by atoms with van der Waals surface area (Å²) in [7, 11) is 0. The molecular weight excluding hydrogens is 332 g/mol. The Kier molecular flexibility index (Phi) is 3.64. The van der Waals surface area contributed by atoms with E-state index in [1.54, 1.807) is 20.8 Å². The van der Waals surface area contributed by atoms with Gasteiger partial charge >= 0.3 is 11.7 Å². The van der Waals surface area contributed by atoms with E-state index in [0.29, 0.717) is 5.69 Å². The van der Waals surface area contributed by atoms with Gasteiger partial charge in [-0.2, -0.15) is 0 Å². The van der Waals surface area contributed by atoms with E-state index in [-0.39, 0.29) is 13.0 Å². The fourth-order valence-corrected chi connectivity index (χ4v) is 4.00. The summed E-state index contributed by atoms with van der Waals surface area (Å²) in [6.45, 7) is 5.55. The molecule has 3 aliphatic rings. The van der Waals surface area contributed by atoms with E-state index < -0.39 is 53.5 Å². The topological polar surface area (TPSA) is 109 Å². The number of aromatic amines is 1. The molecular formula is C16H20N2O7. The van der Waals surface area contributed by atoms with E-state index in [9.17, 15) is 14.4 Å². The predicted molar refractivity (Wildman–Crippen MR) is 83.0 cm³/mol. The lowest BCUT2D eigenvalue weighted by Crippen LogP contribution is -2.44. The van der Waals surface area contributed by atoms with Crippen LogP contribution in [0.1, 0.15) is 45.0 Å². The van der Waals surface area contributed by atoms with E-state index in [0.717, 1.165) is 0 Å². The lowest BCUT2D eigenvalue weighted by atomic mass is 9.91. The zero-order valence-electron chi connectivity index (χ0n) is 14.2. The molecule has 5 atom stereocenters. The maximum Gasteiger partial charge on any atom is 0.330 e. The molecule has 2 saturated heterocycles. The molecule has 0 spiro atoms. The molecule has 1 aromatic rings. The quantitative estimate of drug-likeness (QED) is 0.763. The smallest absolute Gasteiger partial charge is 0.330 e. The second kappa shape index (κ2) is 5.52. The van der Waals surface area contributed by atoms with Gasteiger partial charge < -0.3 is 18.9 Å². The number of carbonyl (C=O) groups is 1. The Morgan fingerprint density at radius 1 is 1.28 bits per heavy atom. The Balaban J connectivity index is 1.81. The minimum atomic E-state index is -0.812. The monoisotopic (exact) mass is 352 g/mol. The first kappa shape index (κ1) is 16.5. The van der Waals surface area contributed by atoms with Gasteiger partial charge in [0.25, 0.3) is 5.56 Å². The molecule has 0 saturated carbocycles. The molecule has 4 rings (SSSR count). The molecule has 0 aromatic carbocycles. The van der Waals surface area contributed by atoms with Crippen LogP contribution >= 0.6 is 0 Å². The zero-order chi connectivity index (χ0) is 17.9. The molecule has 1 N–H and O–H groups in total. The van der Waals surface area contributed by atoms with Crippen molar-refractivity contribution in [2.45, 2.75) is 63.4 Å². The fourth-order valence-electron chi connectivity index (χ4n) is 4.00. The highest BCUT2D eigenvalue weighted by Gasteiger charge is 2.61. The van der Waals surface area contributed by atoms with Crippen LogP contribution in [-0.2, 0) is 23.7 Å². The molecule has 0 unspecified atom stereocenters. The standard InChI is InChI=1S/C16H20N2O7/c1-4-22-10(20)5-7-8-6-9(19)17-15(21)18(8)14-13-12(11(7)23-14)24-16(2,3)25-13/h6-7,11-14H,4-5H2,1-3H3,(H,17,19,21)/t7-,11-,12-,13-,14-/m1/s1. The van der Waals surface area contributed by atoms with Gasteiger partial charge in [0.15, 0.2) is 12.0 Å². The molecule has 9 heteroatoms. The molecule has 9 nitrogen and oxygen atoms in total. The largest absolute Gasteiger partial charge is 0.466 e. The molecule has 0 radical (unpaired) electrons. The van der Waals surface area contributed by atoms with E-state index >= 15 is 0 Å². The Bertz CT molecular complexity index is 827. The molecule has 2 fully saturated rings. The van der Waals surface area contributed by atoms with Crippen molar-refractivity contribution in [2.24, 2.45) is 0 Å². The lowest BCUT2D eigenvalue weighted by molar-refractivity contribution is -0.206. The molecule has 4 heterocycles. The number of ether oxygens (including phenoxy) is 4. The first-order valence-electron chi connectivity index (χ1n) is 8.33. The molecule has 3 aliphatic heterocycles. The number of fused-ring (bicyclic) bond motifs is 7. The summed E-state index contributed by atoms with van der Waals surface area (Å²) >= 11 is 0. The second-order valence-corrected chi connectivity index (χ2v) is 6.91. The summed E-state index contributed by atoms with van der Waals surface area (Å²) in [6.07, 6.45) is -2.14. The average molecular weight is 352 g/mol. The van der Waals surface area contributed by atoms with Gasteiger partial charge in [-0.25, -0.2) is 4.79 Å². The van der Waals surface area contributed by atoms with Gasteiger partial charge in [0, 0.05) is 17.7 Å². The van der Waals surface area contributed by atoms with E-state index in [1.165, 1.54) is 10.6 Å². The van der Waals surface area contributed by atoms with Crippen LogP contribution in [0.15, 0.2) is 15.7 Å². The van der Waals surface area contributed by atoms with E-state index in [4.69, 9.17) is 18.9 Å². The van der Waals surface area contributed by atoms with E-state index in [1.807, 2.05) is 0 Å². The SMILES string of the molecule is CCOC(=O)C[C@@H]1c2cc(=O)[nH]c(=O)n2[C@@H]2O[C@H]1[C@H]1OC(C)(C)O[C@H]12. The molecule has 1 aromatic heterocycles. The van der Waals surface area contributed by atoms with Crippen molar-refractivity contribution in [3.63, 3.8) is 0 Å². The van der Waals surface area contributed by atoms with Crippen LogP contribution in [-0.4, -0.2) is 46.2 Å². The summed E-state index contributed by atoms with van der Waals surface area (Å²) < 4.78 is 24.2. The third kappa shape index (κ3) is 2.54. The molecule has 25 heavy (non-hydrogen) atoms. The van der Waals surface area contributed by atoms with Crippen LogP contribution < -0.4 is 11.2 Å². The normalized spacial score (nSPS) is 34.4. The Morgan fingerprint density at radius 2 is 2.00 bits per heavy atom. The van der Waals surface area contributed by atoms with Gasteiger partial charge in [0.1, 0.15) is 12.2 Å². The number of nitrogens with zero attached hydrogens (tertiary/aromatic N) is 1. The van der Waals surface area contributed by atoms with Gasteiger partial charge in [-0.15, -0.1) is 0 Å². The average Bonchev–Trinajstić information content (AvgIpc) is 2.96. The number of H-pyrrole nitrogens is 1. The number of rotatable bonds is 3. The van der Waals surface area contributed by atoms with E-state index in [2.05, 4.69) is 4.98 Å². The first-order chi connectivity index (χ1) is 11.8. The summed E-state index contributed by atoms with van der Waals surface area (Å²) in [4.78, 5) is 38.5. The lowest BCUT2D eigenvalue weighted by Gasteiger charge is -2.35. The maximum absolute atomic E-state index is 12.4. The number of aromatic nitrogens is 2. The van der Waals surface area contributed by atoms with Crippen LogP contribution in [0.3, 0.4) is 0 Å². The minimum absolute atomic E-state index is 0.0128. The summed E-state index contributed by atoms with van der Waals surface area (Å²) in [5.41, 5.74) is -0.657. The maximum atomic E-state index is 12.4. The van der Waals surface area contributed by atoms with Crippen molar-refractivity contribution >= 4 is 5.97 Å². The predicted octanol–water partition coefficient (Wildman–Crippen LogP) is 0.00450. The molecule has 136 valence electrons. The third-order valence-electron chi connectivity index (χ3n) is 4.79. The van der Waals surface area contributed by atoms with Crippen molar-refractivity contribution in [1.29, 1.82) is 0 Å². The molecule has 0 amide bonds. The molecule has 0 aliphatic carbocycles. The Morgan fingerprint density at radius 3 is 2.72 bits per heavy atom. The third-order valence-corrected chi connectivity index (χ3v) is 4.79. The van der Waals surface area contributed by atoms with Crippen molar-refractivity contribution in [1.82, 2.24) is 9.55 Å². The number of carbonyl (C=O) groups excluding carboxylic acids is 1. The highest BCUT2D eigenvalue weighted by atomic mass is 16.8. The summed E-state index contributed by atoms with van der Waals surface area (Å²) in [5, 5.41) is 0. The van der Waals surface area contributed by atoms with Crippen molar-refractivity contribution < 1.29 is 23.7 Å². The summed E-state index contributed by atoms with van der Waals surface area (Å²) in [5.74, 6) is -1.76. The van der Waals surface area contributed by atoms with Crippen LogP contribution in [0, 0.1) is 0 Å². The van der Waals surface area contributed by atoms with Gasteiger partial charge in [-0.05, 0) is 20.8 Å². The Labute approximate surface area is 142 Å². The number of hydrogen-bond donors (Lipinski definition) is 1. The number of esters is 1. The highest BCUT2D eigenvalue weighted by molar-refractivity contribution is 5.70. The number of hydrogen-bond acceptors (Lipinski definition) is 7. The van der Waals surface area contributed by atoms with Crippen molar-refractivity contribution in [2.75, 3.05) is 6.61 Å². The summed E-state index contributed by atoms with van der Waals surface area (Å²) in [6, 6.07) is 1.33. The minimum Gasteiger partial charge on any atom is -0.466 e. The van der Waals surface area contributed by atoms with Gasteiger partial charge in [0.2, 0.25) is 0 Å².